The Morgan fingerprint density at radius 1 is 0.970 bits per heavy atom. The highest BCUT2D eigenvalue weighted by Crippen LogP contribution is 2.28. The lowest BCUT2D eigenvalue weighted by molar-refractivity contribution is -0.136. The first-order chi connectivity index (χ1) is 15.8. The van der Waals surface area contributed by atoms with Gasteiger partial charge < -0.3 is 14.8 Å². The smallest absolute Gasteiger partial charge is 0.329 e. The Hall–Kier alpha value is -3.62. The number of nitrogens with zero attached hydrogens (tertiary/aromatic N) is 1. The van der Waals surface area contributed by atoms with Crippen molar-refractivity contribution in [3.05, 3.63) is 87.7 Å². The maximum atomic E-state index is 13.0. The lowest BCUT2D eigenvalue weighted by atomic mass is 10.2. The van der Waals surface area contributed by atoms with Crippen molar-refractivity contribution >= 4 is 46.9 Å². The van der Waals surface area contributed by atoms with Crippen LogP contribution in [0.25, 0.3) is 0 Å². The number of carbonyl (C=O) groups excluding carboxylic acids is 2. The number of amides is 2. The van der Waals surface area contributed by atoms with Gasteiger partial charge in [-0.2, -0.15) is 5.10 Å². The fraction of sp³-hybridized carbons (Fsp3) is 0.0870. The fourth-order valence-electron chi connectivity index (χ4n) is 2.66. The van der Waals surface area contributed by atoms with E-state index in [-0.39, 0.29) is 18.1 Å². The molecule has 0 bridgehead atoms. The minimum atomic E-state index is -0.978. The average molecular weight is 490 g/mol. The van der Waals surface area contributed by atoms with Crippen LogP contribution in [0.15, 0.2) is 65.8 Å². The van der Waals surface area contributed by atoms with E-state index in [1.165, 1.54) is 43.7 Å². The third kappa shape index (κ3) is 7.20. The summed E-state index contributed by atoms with van der Waals surface area (Å²) >= 11 is 11.7. The van der Waals surface area contributed by atoms with Crippen molar-refractivity contribution in [3.63, 3.8) is 0 Å². The number of hydrogen-bond donors (Lipinski definition) is 2. The second-order valence-corrected chi connectivity index (χ2v) is 7.51. The first-order valence-corrected chi connectivity index (χ1v) is 10.3. The summed E-state index contributed by atoms with van der Waals surface area (Å²) in [7, 11) is 1.48. The molecule has 0 saturated carbocycles. The summed E-state index contributed by atoms with van der Waals surface area (Å²) in [5.74, 6) is -1.33. The standard InChI is InChI=1S/C23H18Cl2FN3O4/c1-32-21-8-15(4-7-20(21)33-13-14-2-5-18(26)6-3-14)12-27-29-23(31)22(30)28-19-10-16(24)9-17(25)11-19/h2-12H,13H2,1H3,(H,28,30)(H,29,31)/b27-12+. The molecule has 0 fully saturated rings. The van der Waals surface area contributed by atoms with Crippen molar-refractivity contribution in [3.8, 4) is 11.5 Å². The molecular weight excluding hydrogens is 472 g/mol. The number of hydrazone groups is 1. The molecule has 3 aromatic carbocycles. The summed E-state index contributed by atoms with van der Waals surface area (Å²) in [5.41, 5.74) is 3.79. The number of anilines is 1. The summed E-state index contributed by atoms with van der Waals surface area (Å²) in [6, 6.07) is 15.4. The number of hydrogen-bond acceptors (Lipinski definition) is 5. The number of benzene rings is 3. The van der Waals surface area contributed by atoms with E-state index in [9.17, 15) is 14.0 Å². The fourth-order valence-corrected chi connectivity index (χ4v) is 3.18. The predicted molar refractivity (Wildman–Crippen MR) is 125 cm³/mol. The predicted octanol–water partition coefficient (Wildman–Crippen LogP) is 4.81. The maximum absolute atomic E-state index is 13.0. The van der Waals surface area contributed by atoms with E-state index in [4.69, 9.17) is 32.7 Å². The topological polar surface area (TPSA) is 89.0 Å². The molecule has 0 atom stereocenters. The Morgan fingerprint density at radius 3 is 2.33 bits per heavy atom. The molecule has 2 N–H and O–H groups in total. The molecule has 0 saturated heterocycles. The normalized spacial score (nSPS) is 10.7. The molecule has 0 unspecified atom stereocenters. The zero-order valence-electron chi connectivity index (χ0n) is 17.3. The van der Waals surface area contributed by atoms with Gasteiger partial charge in [0, 0.05) is 15.7 Å². The summed E-state index contributed by atoms with van der Waals surface area (Å²) < 4.78 is 24.1. The van der Waals surface area contributed by atoms with E-state index in [0.29, 0.717) is 27.1 Å². The van der Waals surface area contributed by atoms with Crippen LogP contribution in [0.4, 0.5) is 10.1 Å². The van der Waals surface area contributed by atoms with Crippen LogP contribution in [0.2, 0.25) is 10.0 Å². The molecule has 10 heteroatoms. The van der Waals surface area contributed by atoms with Gasteiger partial charge in [0.1, 0.15) is 12.4 Å². The van der Waals surface area contributed by atoms with Crippen LogP contribution < -0.4 is 20.2 Å². The Kier molecular flexibility index (Phi) is 8.23. The van der Waals surface area contributed by atoms with Crippen molar-refractivity contribution in [2.24, 2.45) is 5.10 Å². The van der Waals surface area contributed by atoms with Crippen molar-refractivity contribution in [2.75, 3.05) is 12.4 Å². The van der Waals surface area contributed by atoms with Gasteiger partial charge in [0.2, 0.25) is 0 Å². The molecule has 3 rings (SSSR count). The summed E-state index contributed by atoms with van der Waals surface area (Å²) in [4.78, 5) is 23.9. The van der Waals surface area contributed by atoms with Gasteiger partial charge >= 0.3 is 11.8 Å². The largest absolute Gasteiger partial charge is 0.493 e. The third-order valence-electron chi connectivity index (χ3n) is 4.20. The van der Waals surface area contributed by atoms with Crippen LogP contribution in [0.3, 0.4) is 0 Å². The molecule has 7 nitrogen and oxygen atoms in total. The number of methoxy groups -OCH3 is 1. The number of nitrogens with one attached hydrogen (secondary N) is 2. The van der Waals surface area contributed by atoms with Gasteiger partial charge in [0.15, 0.2) is 11.5 Å². The zero-order valence-corrected chi connectivity index (χ0v) is 18.8. The monoisotopic (exact) mass is 489 g/mol. The SMILES string of the molecule is COc1cc(/C=N/NC(=O)C(=O)Nc2cc(Cl)cc(Cl)c2)ccc1OCc1ccc(F)cc1. The van der Waals surface area contributed by atoms with Crippen molar-refractivity contribution in [1.82, 2.24) is 5.43 Å². The van der Waals surface area contributed by atoms with E-state index in [0.717, 1.165) is 5.56 Å². The number of rotatable bonds is 7. The lowest BCUT2D eigenvalue weighted by Crippen LogP contribution is -2.32. The minimum absolute atomic E-state index is 0.229. The maximum Gasteiger partial charge on any atom is 0.329 e. The molecule has 0 aromatic heterocycles. The van der Waals surface area contributed by atoms with Gasteiger partial charge in [0.05, 0.1) is 13.3 Å². The van der Waals surface area contributed by atoms with Crippen LogP contribution in [-0.2, 0) is 16.2 Å². The number of ether oxygens (including phenoxy) is 2. The molecule has 0 radical (unpaired) electrons. The first kappa shape index (κ1) is 24.0. The first-order valence-electron chi connectivity index (χ1n) is 9.50. The van der Waals surface area contributed by atoms with E-state index >= 15 is 0 Å². The van der Waals surface area contributed by atoms with E-state index < -0.39 is 11.8 Å². The van der Waals surface area contributed by atoms with E-state index in [2.05, 4.69) is 15.8 Å². The molecule has 3 aromatic rings. The number of halogens is 3. The summed E-state index contributed by atoms with van der Waals surface area (Å²) in [6.07, 6.45) is 1.34. The highest BCUT2D eigenvalue weighted by atomic mass is 35.5. The quantitative estimate of drug-likeness (QED) is 0.283. The zero-order chi connectivity index (χ0) is 23.8. The second-order valence-electron chi connectivity index (χ2n) is 6.64. The van der Waals surface area contributed by atoms with Gasteiger partial charge in [-0.25, -0.2) is 9.82 Å². The summed E-state index contributed by atoms with van der Waals surface area (Å²) in [6.45, 7) is 0.229. The Bertz CT molecular complexity index is 1170. The molecule has 0 spiro atoms. The molecule has 0 aliphatic heterocycles. The van der Waals surface area contributed by atoms with Gasteiger partial charge in [-0.05, 0) is 59.7 Å². The van der Waals surface area contributed by atoms with Gasteiger partial charge in [0.25, 0.3) is 0 Å². The van der Waals surface area contributed by atoms with Crippen molar-refractivity contribution in [1.29, 1.82) is 0 Å². The van der Waals surface area contributed by atoms with Gasteiger partial charge in [-0.3, -0.25) is 9.59 Å². The molecule has 33 heavy (non-hydrogen) atoms. The van der Waals surface area contributed by atoms with Gasteiger partial charge in [-0.1, -0.05) is 35.3 Å². The van der Waals surface area contributed by atoms with Crippen LogP contribution in [0.5, 0.6) is 11.5 Å². The van der Waals surface area contributed by atoms with Crippen LogP contribution in [0.1, 0.15) is 11.1 Å². The van der Waals surface area contributed by atoms with Crippen LogP contribution >= 0.6 is 23.2 Å². The average Bonchev–Trinajstić information content (AvgIpc) is 2.78. The van der Waals surface area contributed by atoms with E-state index in [1.807, 2.05) is 0 Å². The highest BCUT2D eigenvalue weighted by Gasteiger charge is 2.13. The molecule has 170 valence electrons. The third-order valence-corrected chi connectivity index (χ3v) is 4.64. The van der Waals surface area contributed by atoms with Crippen molar-refractivity contribution in [2.45, 2.75) is 6.61 Å². The second kappa shape index (κ2) is 11.3. The van der Waals surface area contributed by atoms with E-state index in [1.54, 1.807) is 30.3 Å². The molecule has 0 aliphatic rings. The van der Waals surface area contributed by atoms with Gasteiger partial charge in [-0.15, -0.1) is 0 Å². The lowest BCUT2D eigenvalue weighted by Gasteiger charge is -2.11. The molecular formula is C23H18Cl2FN3O4. The van der Waals surface area contributed by atoms with Crippen LogP contribution in [0, 0.1) is 5.82 Å². The van der Waals surface area contributed by atoms with Crippen molar-refractivity contribution < 1.29 is 23.5 Å². The van der Waals surface area contributed by atoms with Crippen LogP contribution in [-0.4, -0.2) is 25.1 Å². The molecule has 2 amide bonds. The Morgan fingerprint density at radius 2 is 1.67 bits per heavy atom. The molecule has 0 heterocycles. The Balaban J connectivity index is 1.57. The number of carbonyl (C=O) groups is 2. The minimum Gasteiger partial charge on any atom is -0.493 e. The molecule has 0 aliphatic carbocycles. The summed E-state index contributed by atoms with van der Waals surface area (Å²) in [5, 5.41) is 6.78. The Labute approximate surface area is 199 Å². The highest BCUT2D eigenvalue weighted by molar-refractivity contribution is 6.40.